The minimum Gasteiger partial charge on any atom is -0.481 e. The summed E-state index contributed by atoms with van der Waals surface area (Å²) < 4.78 is 3.90. The lowest BCUT2D eigenvalue weighted by Gasteiger charge is -2.35. The first kappa shape index (κ1) is 10.5. The first-order chi connectivity index (χ1) is 7.15. The molecule has 0 saturated carbocycles. The number of hydrogen-bond acceptors (Lipinski definition) is 5. The van der Waals surface area contributed by atoms with Gasteiger partial charge in [-0.25, -0.2) is 4.98 Å². The largest absolute Gasteiger partial charge is 0.481 e. The molecule has 0 unspecified atom stereocenters. The second kappa shape index (κ2) is 3.86. The number of piperidine rings is 1. The van der Waals surface area contributed by atoms with Crippen molar-refractivity contribution in [2.75, 3.05) is 20.1 Å². The third-order valence-electron chi connectivity index (χ3n) is 3.02. The summed E-state index contributed by atoms with van der Waals surface area (Å²) >= 11 is 1.20. The normalized spacial score (nSPS) is 21.4. The second-order valence-electron chi connectivity index (χ2n) is 3.94. The maximum Gasteiger partial charge on any atom is 0.316 e. The number of aromatic nitrogens is 2. The molecule has 0 radical (unpaired) electrons. The molecule has 15 heavy (non-hydrogen) atoms. The highest BCUT2D eigenvalue weighted by Gasteiger charge is 2.45. The van der Waals surface area contributed by atoms with Crippen LogP contribution in [0.5, 0.6) is 0 Å². The molecular weight excluding hydrogens is 214 g/mol. The summed E-state index contributed by atoms with van der Waals surface area (Å²) in [7, 11) is 2.01. The van der Waals surface area contributed by atoms with Crippen molar-refractivity contribution in [3.05, 3.63) is 11.3 Å². The molecule has 1 N–H and O–H groups in total. The molecule has 2 heterocycles. The molecule has 1 aromatic heterocycles. The van der Waals surface area contributed by atoms with Gasteiger partial charge in [-0.2, -0.15) is 4.37 Å². The van der Waals surface area contributed by atoms with Gasteiger partial charge in [0.1, 0.15) is 16.7 Å². The molecule has 0 aromatic carbocycles. The van der Waals surface area contributed by atoms with Gasteiger partial charge in [-0.15, -0.1) is 0 Å². The van der Waals surface area contributed by atoms with Crippen molar-refractivity contribution in [3.63, 3.8) is 0 Å². The summed E-state index contributed by atoms with van der Waals surface area (Å²) in [6, 6.07) is 0. The van der Waals surface area contributed by atoms with Crippen molar-refractivity contribution in [3.8, 4) is 0 Å². The van der Waals surface area contributed by atoms with Crippen LogP contribution >= 0.6 is 11.5 Å². The van der Waals surface area contributed by atoms with Crippen molar-refractivity contribution in [2.24, 2.45) is 0 Å². The molecule has 0 amide bonds. The average Bonchev–Trinajstić information content (AvgIpc) is 2.72. The van der Waals surface area contributed by atoms with E-state index < -0.39 is 11.4 Å². The Labute approximate surface area is 91.9 Å². The Morgan fingerprint density at radius 1 is 1.60 bits per heavy atom. The van der Waals surface area contributed by atoms with Crippen molar-refractivity contribution < 1.29 is 9.90 Å². The van der Waals surface area contributed by atoms with Crippen molar-refractivity contribution in [2.45, 2.75) is 18.3 Å². The Hall–Kier alpha value is -1.01. The molecule has 0 atom stereocenters. The van der Waals surface area contributed by atoms with Crippen molar-refractivity contribution >= 4 is 17.5 Å². The molecule has 0 spiro atoms. The second-order valence-corrected chi connectivity index (χ2v) is 4.72. The molecule has 6 heteroatoms. The van der Waals surface area contributed by atoms with E-state index in [1.165, 1.54) is 17.9 Å². The highest BCUT2D eigenvalue weighted by Crippen LogP contribution is 2.35. The predicted octanol–water partition coefficient (Wildman–Crippen LogP) is 0.586. The van der Waals surface area contributed by atoms with Crippen LogP contribution in [0.15, 0.2) is 6.33 Å². The van der Waals surface area contributed by atoms with Gasteiger partial charge >= 0.3 is 5.97 Å². The summed E-state index contributed by atoms with van der Waals surface area (Å²) in [5.74, 6) is -0.771. The number of rotatable bonds is 2. The maximum atomic E-state index is 11.4. The van der Waals surface area contributed by atoms with Crippen LogP contribution in [0.25, 0.3) is 0 Å². The molecule has 82 valence electrons. The zero-order valence-electron chi connectivity index (χ0n) is 8.51. The van der Waals surface area contributed by atoms with Crippen LogP contribution < -0.4 is 0 Å². The fourth-order valence-corrected chi connectivity index (χ4v) is 2.66. The number of carbonyl (C=O) groups is 1. The van der Waals surface area contributed by atoms with Gasteiger partial charge < -0.3 is 10.0 Å². The van der Waals surface area contributed by atoms with Gasteiger partial charge in [0.25, 0.3) is 0 Å². The van der Waals surface area contributed by atoms with Gasteiger partial charge in [-0.1, -0.05) is 0 Å². The van der Waals surface area contributed by atoms with Gasteiger partial charge in [-0.05, 0) is 44.5 Å². The molecule has 2 rings (SSSR count). The molecule has 1 fully saturated rings. The molecule has 1 aliphatic heterocycles. The number of nitrogens with zero attached hydrogens (tertiary/aromatic N) is 3. The van der Waals surface area contributed by atoms with Crippen LogP contribution in [-0.4, -0.2) is 45.5 Å². The standard InChI is InChI=1S/C9H13N3O2S/c1-12-4-2-9(3-5-12,8(13)14)7-10-6-11-15-7/h6H,2-5H2,1H3,(H,13,14). The van der Waals surface area contributed by atoms with Crippen LogP contribution in [0.1, 0.15) is 17.8 Å². The number of hydrogen-bond donors (Lipinski definition) is 1. The van der Waals surface area contributed by atoms with Gasteiger partial charge in [0.2, 0.25) is 0 Å². The lowest BCUT2D eigenvalue weighted by Crippen LogP contribution is -2.46. The molecular formula is C9H13N3O2S. The Balaban J connectivity index is 2.30. The molecule has 5 nitrogen and oxygen atoms in total. The van der Waals surface area contributed by atoms with Gasteiger partial charge in [-0.3, -0.25) is 4.79 Å². The topological polar surface area (TPSA) is 66.3 Å². The summed E-state index contributed by atoms with van der Waals surface area (Å²) in [6.45, 7) is 1.60. The lowest BCUT2D eigenvalue weighted by atomic mass is 9.79. The van der Waals surface area contributed by atoms with E-state index in [-0.39, 0.29) is 0 Å². The van der Waals surface area contributed by atoms with Gasteiger partial charge in [0, 0.05) is 0 Å². The van der Waals surface area contributed by atoms with E-state index in [0.29, 0.717) is 17.8 Å². The molecule has 0 bridgehead atoms. The Bertz CT molecular complexity index is 344. The third-order valence-corrected chi connectivity index (χ3v) is 3.89. The molecule has 1 saturated heterocycles. The van der Waals surface area contributed by atoms with Crippen LogP contribution in [0.2, 0.25) is 0 Å². The van der Waals surface area contributed by atoms with E-state index >= 15 is 0 Å². The molecule has 0 aliphatic carbocycles. The Morgan fingerprint density at radius 2 is 2.27 bits per heavy atom. The number of aliphatic carboxylic acids is 1. The zero-order chi connectivity index (χ0) is 10.9. The van der Waals surface area contributed by atoms with Crippen LogP contribution in [-0.2, 0) is 10.2 Å². The van der Waals surface area contributed by atoms with Crippen molar-refractivity contribution in [1.82, 2.24) is 14.3 Å². The Morgan fingerprint density at radius 3 is 2.73 bits per heavy atom. The third kappa shape index (κ3) is 1.74. The highest BCUT2D eigenvalue weighted by atomic mass is 32.1. The first-order valence-electron chi connectivity index (χ1n) is 4.84. The summed E-state index contributed by atoms with van der Waals surface area (Å²) in [6.07, 6.45) is 2.67. The predicted molar refractivity (Wildman–Crippen MR) is 56.0 cm³/mol. The number of carboxylic acids is 1. The SMILES string of the molecule is CN1CCC(C(=O)O)(c2ncns2)CC1. The summed E-state index contributed by atoms with van der Waals surface area (Å²) in [5.41, 5.74) is -0.798. The number of carboxylic acid groups (broad SMARTS) is 1. The lowest BCUT2D eigenvalue weighted by molar-refractivity contribution is -0.145. The van der Waals surface area contributed by atoms with E-state index in [0.717, 1.165) is 13.1 Å². The minimum atomic E-state index is -0.798. The average molecular weight is 227 g/mol. The molecule has 1 aliphatic rings. The van der Waals surface area contributed by atoms with Crippen LogP contribution in [0.4, 0.5) is 0 Å². The van der Waals surface area contributed by atoms with Gasteiger partial charge in [0.05, 0.1) is 0 Å². The number of likely N-dealkylation sites (tertiary alicyclic amines) is 1. The summed E-state index contributed by atoms with van der Waals surface area (Å²) in [4.78, 5) is 17.6. The van der Waals surface area contributed by atoms with Crippen molar-refractivity contribution in [1.29, 1.82) is 0 Å². The minimum absolute atomic E-state index is 0.619. The van der Waals surface area contributed by atoms with E-state index in [1.807, 2.05) is 7.05 Å². The van der Waals surface area contributed by atoms with Crippen LogP contribution in [0, 0.1) is 0 Å². The fraction of sp³-hybridized carbons (Fsp3) is 0.667. The zero-order valence-corrected chi connectivity index (χ0v) is 9.33. The van der Waals surface area contributed by atoms with E-state index in [2.05, 4.69) is 14.3 Å². The smallest absolute Gasteiger partial charge is 0.316 e. The first-order valence-corrected chi connectivity index (χ1v) is 5.61. The van der Waals surface area contributed by atoms with Gasteiger partial charge in [0.15, 0.2) is 0 Å². The quantitative estimate of drug-likeness (QED) is 0.800. The molecule has 1 aromatic rings. The summed E-state index contributed by atoms with van der Waals surface area (Å²) in [5, 5.41) is 10.0. The fourth-order valence-electron chi connectivity index (χ4n) is 1.90. The van der Waals surface area contributed by atoms with E-state index in [9.17, 15) is 9.90 Å². The van der Waals surface area contributed by atoms with E-state index in [1.54, 1.807) is 0 Å². The highest BCUT2D eigenvalue weighted by molar-refractivity contribution is 7.05. The Kier molecular flexibility index (Phi) is 2.70. The monoisotopic (exact) mass is 227 g/mol. The van der Waals surface area contributed by atoms with E-state index in [4.69, 9.17) is 0 Å². The maximum absolute atomic E-state index is 11.4. The van der Waals surface area contributed by atoms with Crippen LogP contribution in [0.3, 0.4) is 0 Å².